The SMILES string of the molecule is CCOC(COc1cc(N2C3CCC2CN(c2cc(-c4ccccc4O)nnc2N)C3)ccn1)OCC. The molecular formula is C27H34N6O4. The molecule has 0 spiro atoms. The van der Waals surface area contributed by atoms with Crippen LogP contribution < -0.4 is 20.3 Å². The Kier molecular flexibility index (Phi) is 7.57. The lowest BCUT2D eigenvalue weighted by Gasteiger charge is -2.43. The first-order valence-electron chi connectivity index (χ1n) is 12.8. The van der Waals surface area contributed by atoms with E-state index in [1.54, 1.807) is 18.3 Å². The third-order valence-electron chi connectivity index (χ3n) is 6.89. The molecule has 2 aromatic heterocycles. The Balaban J connectivity index is 1.31. The van der Waals surface area contributed by atoms with Crippen LogP contribution in [0.3, 0.4) is 0 Å². The van der Waals surface area contributed by atoms with Crippen molar-refractivity contribution in [2.24, 2.45) is 0 Å². The second kappa shape index (κ2) is 11.2. The summed E-state index contributed by atoms with van der Waals surface area (Å²) in [7, 11) is 0. The van der Waals surface area contributed by atoms with Gasteiger partial charge in [0.2, 0.25) is 5.88 Å². The Labute approximate surface area is 217 Å². The molecule has 2 fully saturated rings. The Hall–Kier alpha value is -3.63. The summed E-state index contributed by atoms with van der Waals surface area (Å²) >= 11 is 0. The lowest BCUT2D eigenvalue weighted by atomic mass is 10.1. The van der Waals surface area contributed by atoms with Crippen molar-refractivity contribution in [1.29, 1.82) is 0 Å². The molecule has 2 bridgehead atoms. The van der Waals surface area contributed by atoms with E-state index in [0.717, 1.165) is 37.3 Å². The highest BCUT2D eigenvalue weighted by Crippen LogP contribution is 2.39. The number of nitrogens with zero attached hydrogens (tertiary/aromatic N) is 5. The van der Waals surface area contributed by atoms with Crippen molar-refractivity contribution in [2.75, 3.05) is 48.4 Å². The number of aromatic nitrogens is 3. The first kappa shape index (κ1) is 25.0. The number of phenolic OH excluding ortho intramolecular Hbond substituents is 1. The zero-order valence-electron chi connectivity index (χ0n) is 21.3. The number of nitrogen functional groups attached to an aromatic ring is 1. The molecule has 196 valence electrons. The molecule has 10 heteroatoms. The highest BCUT2D eigenvalue weighted by atomic mass is 16.7. The van der Waals surface area contributed by atoms with E-state index in [0.29, 0.717) is 48.3 Å². The maximum atomic E-state index is 10.3. The minimum Gasteiger partial charge on any atom is -0.507 e. The zero-order valence-corrected chi connectivity index (χ0v) is 21.3. The fourth-order valence-corrected chi connectivity index (χ4v) is 5.30. The number of nitrogens with two attached hydrogens (primary N) is 1. The molecule has 0 radical (unpaired) electrons. The fraction of sp³-hybridized carbons (Fsp3) is 0.444. The van der Waals surface area contributed by atoms with Gasteiger partial charge in [0.15, 0.2) is 12.1 Å². The van der Waals surface area contributed by atoms with Crippen LogP contribution in [0.4, 0.5) is 17.2 Å². The van der Waals surface area contributed by atoms with Gasteiger partial charge in [-0.05, 0) is 51.0 Å². The van der Waals surface area contributed by atoms with E-state index >= 15 is 0 Å². The molecule has 2 aliphatic rings. The standard InChI is InChI=1S/C27H34N6O4/c1-3-35-26(36-4-2)17-37-25-13-18(11-12-29-25)33-19-9-10-20(33)16-32(15-19)23-14-22(30-31-27(23)28)21-7-5-6-8-24(21)34/h5-8,11-14,19-20,26,34H,3-4,9-10,15-17H2,1-2H3,(H2,28,31). The van der Waals surface area contributed by atoms with Crippen molar-refractivity contribution in [2.45, 2.75) is 45.1 Å². The molecule has 5 rings (SSSR count). The molecule has 0 amide bonds. The van der Waals surface area contributed by atoms with Gasteiger partial charge in [-0.3, -0.25) is 0 Å². The van der Waals surface area contributed by atoms with Crippen molar-refractivity contribution < 1.29 is 19.3 Å². The van der Waals surface area contributed by atoms with Gasteiger partial charge in [0.05, 0.1) is 11.4 Å². The fourth-order valence-electron chi connectivity index (χ4n) is 5.30. The molecular weight excluding hydrogens is 472 g/mol. The average Bonchev–Trinajstić information content (AvgIpc) is 3.17. The Morgan fingerprint density at radius 3 is 2.46 bits per heavy atom. The van der Waals surface area contributed by atoms with E-state index in [2.05, 4.69) is 25.0 Å². The number of fused-ring (bicyclic) bond motifs is 2. The number of ether oxygens (including phenoxy) is 3. The van der Waals surface area contributed by atoms with Crippen LogP contribution in [0.2, 0.25) is 0 Å². The van der Waals surface area contributed by atoms with Crippen LogP contribution in [0.25, 0.3) is 11.3 Å². The van der Waals surface area contributed by atoms with Crippen LogP contribution in [0.1, 0.15) is 26.7 Å². The monoisotopic (exact) mass is 506 g/mol. The molecule has 2 saturated heterocycles. The maximum absolute atomic E-state index is 10.3. The number of hydrogen-bond acceptors (Lipinski definition) is 10. The summed E-state index contributed by atoms with van der Waals surface area (Å²) in [5.41, 5.74) is 9.46. The minimum absolute atomic E-state index is 0.168. The van der Waals surface area contributed by atoms with Gasteiger partial charge >= 0.3 is 0 Å². The number of rotatable bonds is 10. The van der Waals surface area contributed by atoms with Gasteiger partial charge in [0.25, 0.3) is 0 Å². The lowest BCUT2D eigenvalue weighted by molar-refractivity contribution is -0.152. The molecule has 2 unspecified atom stereocenters. The highest BCUT2D eigenvalue weighted by molar-refractivity contribution is 5.74. The number of anilines is 3. The first-order valence-corrected chi connectivity index (χ1v) is 12.8. The van der Waals surface area contributed by atoms with E-state index in [1.807, 2.05) is 44.2 Å². The van der Waals surface area contributed by atoms with E-state index in [4.69, 9.17) is 19.9 Å². The van der Waals surface area contributed by atoms with E-state index < -0.39 is 6.29 Å². The van der Waals surface area contributed by atoms with Gasteiger partial charge in [-0.2, -0.15) is 0 Å². The number of piperazine rings is 1. The smallest absolute Gasteiger partial charge is 0.215 e. The molecule has 4 heterocycles. The molecule has 2 atom stereocenters. The van der Waals surface area contributed by atoms with Crippen molar-refractivity contribution in [3.8, 4) is 22.9 Å². The van der Waals surface area contributed by atoms with E-state index in [1.165, 1.54) is 0 Å². The Morgan fingerprint density at radius 1 is 1.03 bits per heavy atom. The average molecular weight is 507 g/mol. The topological polar surface area (TPSA) is 119 Å². The third kappa shape index (κ3) is 5.40. The van der Waals surface area contributed by atoms with Crippen molar-refractivity contribution >= 4 is 17.2 Å². The van der Waals surface area contributed by atoms with Crippen molar-refractivity contribution in [3.63, 3.8) is 0 Å². The van der Waals surface area contributed by atoms with Gasteiger partial charge in [0.1, 0.15) is 12.4 Å². The van der Waals surface area contributed by atoms with Gasteiger partial charge < -0.3 is 34.9 Å². The molecule has 37 heavy (non-hydrogen) atoms. The number of pyridine rings is 1. The van der Waals surface area contributed by atoms with Crippen LogP contribution in [0.15, 0.2) is 48.7 Å². The number of aromatic hydroxyl groups is 1. The van der Waals surface area contributed by atoms with E-state index in [-0.39, 0.29) is 12.4 Å². The summed E-state index contributed by atoms with van der Waals surface area (Å²) in [6, 6.07) is 13.7. The first-order chi connectivity index (χ1) is 18.1. The Bertz CT molecular complexity index is 1190. The summed E-state index contributed by atoms with van der Waals surface area (Å²) < 4.78 is 17.1. The second-order valence-electron chi connectivity index (χ2n) is 9.22. The largest absolute Gasteiger partial charge is 0.507 e. The predicted molar refractivity (Wildman–Crippen MR) is 142 cm³/mol. The van der Waals surface area contributed by atoms with Crippen molar-refractivity contribution in [3.05, 3.63) is 48.7 Å². The second-order valence-corrected chi connectivity index (χ2v) is 9.22. The molecule has 0 aliphatic carbocycles. The lowest BCUT2D eigenvalue weighted by Crippen LogP contribution is -2.54. The predicted octanol–water partition coefficient (Wildman–Crippen LogP) is 3.46. The summed E-state index contributed by atoms with van der Waals surface area (Å²) in [6.45, 7) is 6.88. The zero-order chi connectivity index (χ0) is 25.8. The van der Waals surface area contributed by atoms with Crippen molar-refractivity contribution in [1.82, 2.24) is 15.2 Å². The summed E-state index contributed by atoms with van der Waals surface area (Å²) in [6.07, 6.45) is 3.54. The maximum Gasteiger partial charge on any atom is 0.215 e. The van der Waals surface area contributed by atoms with Gasteiger partial charge in [0, 0.05) is 61.9 Å². The summed E-state index contributed by atoms with van der Waals surface area (Å²) in [4.78, 5) is 9.16. The number of para-hydroxylation sites is 1. The Morgan fingerprint density at radius 2 is 1.76 bits per heavy atom. The van der Waals surface area contributed by atoms with Crippen LogP contribution in [-0.2, 0) is 9.47 Å². The molecule has 3 aromatic rings. The molecule has 3 N–H and O–H groups in total. The summed E-state index contributed by atoms with van der Waals surface area (Å²) in [5, 5.41) is 18.7. The quantitative estimate of drug-likeness (QED) is 0.396. The minimum atomic E-state index is -0.415. The van der Waals surface area contributed by atoms with E-state index in [9.17, 15) is 5.11 Å². The molecule has 0 saturated carbocycles. The summed E-state index contributed by atoms with van der Waals surface area (Å²) in [5.74, 6) is 1.12. The number of hydrogen-bond donors (Lipinski definition) is 2. The number of phenols is 1. The molecule has 2 aliphatic heterocycles. The molecule has 1 aromatic carbocycles. The van der Waals surface area contributed by atoms with Crippen LogP contribution in [-0.4, -0.2) is 71.6 Å². The van der Waals surface area contributed by atoms with Gasteiger partial charge in [-0.1, -0.05) is 12.1 Å². The van der Waals surface area contributed by atoms with Gasteiger partial charge in [-0.25, -0.2) is 4.98 Å². The van der Waals surface area contributed by atoms with Crippen LogP contribution in [0.5, 0.6) is 11.6 Å². The number of benzene rings is 1. The third-order valence-corrected chi connectivity index (χ3v) is 6.89. The van der Waals surface area contributed by atoms with Crippen LogP contribution in [0, 0.1) is 0 Å². The normalized spacial score (nSPS) is 19.0. The highest BCUT2D eigenvalue weighted by Gasteiger charge is 2.41. The van der Waals surface area contributed by atoms with Crippen LogP contribution >= 0.6 is 0 Å². The van der Waals surface area contributed by atoms with Gasteiger partial charge in [-0.15, -0.1) is 10.2 Å². The molecule has 10 nitrogen and oxygen atoms in total.